The van der Waals surface area contributed by atoms with Crippen molar-refractivity contribution in [3.05, 3.63) is 24.3 Å². The molecule has 96 valence electrons. The smallest absolute Gasteiger partial charge is 0.0779 e. The lowest BCUT2D eigenvalue weighted by Gasteiger charge is -2.17. The Morgan fingerprint density at radius 1 is 1.35 bits per heavy atom. The molecule has 0 radical (unpaired) electrons. The van der Waals surface area contributed by atoms with Crippen molar-refractivity contribution >= 4 is 0 Å². The first-order chi connectivity index (χ1) is 8.38. The topological polar surface area (TPSA) is 56.3 Å². The van der Waals surface area contributed by atoms with Crippen LogP contribution in [-0.4, -0.2) is 43.4 Å². The van der Waals surface area contributed by atoms with Gasteiger partial charge >= 0.3 is 0 Å². The monoisotopic (exact) mass is 239 g/mol. The van der Waals surface area contributed by atoms with E-state index in [9.17, 15) is 0 Å². The van der Waals surface area contributed by atoms with Crippen molar-refractivity contribution in [1.29, 1.82) is 0 Å². The highest BCUT2D eigenvalue weighted by atomic mass is 16.5. The quantitative estimate of drug-likeness (QED) is 0.656. The van der Waals surface area contributed by atoms with Crippen LogP contribution in [0.1, 0.15) is 25.1 Å². The molecule has 0 spiro atoms. The third-order valence-electron chi connectivity index (χ3n) is 2.30. The van der Waals surface area contributed by atoms with E-state index in [4.69, 9.17) is 9.47 Å². The van der Waals surface area contributed by atoms with E-state index in [1.54, 1.807) is 25.7 Å². The summed E-state index contributed by atoms with van der Waals surface area (Å²) in [6.45, 7) is 4.87. The van der Waals surface area contributed by atoms with E-state index in [1.165, 1.54) is 0 Å². The zero-order chi connectivity index (χ0) is 12.3. The molecule has 1 N–H and O–H groups in total. The van der Waals surface area contributed by atoms with Gasteiger partial charge in [-0.15, -0.1) is 0 Å². The summed E-state index contributed by atoms with van der Waals surface area (Å²) < 4.78 is 10.5. The van der Waals surface area contributed by atoms with E-state index in [-0.39, 0.29) is 6.04 Å². The molecule has 5 nitrogen and oxygen atoms in total. The van der Waals surface area contributed by atoms with Gasteiger partial charge in [0.2, 0.25) is 0 Å². The number of hydrogen-bond donors (Lipinski definition) is 1. The van der Waals surface area contributed by atoms with E-state index >= 15 is 0 Å². The number of nitrogens with zero attached hydrogens (tertiary/aromatic N) is 2. The number of aromatic nitrogens is 2. The Balaban J connectivity index is 2.43. The summed E-state index contributed by atoms with van der Waals surface area (Å²) in [5.41, 5.74) is 0.915. The molecule has 0 aliphatic carbocycles. The zero-order valence-corrected chi connectivity index (χ0v) is 10.6. The van der Waals surface area contributed by atoms with Crippen molar-refractivity contribution in [3.8, 4) is 0 Å². The number of hydrogen-bond acceptors (Lipinski definition) is 5. The number of ether oxygens (including phenoxy) is 2. The third-order valence-corrected chi connectivity index (χ3v) is 2.30. The minimum atomic E-state index is 0.0977. The van der Waals surface area contributed by atoms with Gasteiger partial charge in [-0.25, -0.2) is 0 Å². The average molecular weight is 239 g/mol. The largest absolute Gasteiger partial charge is 0.382 e. The second kappa shape index (κ2) is 9.04. The fourth-order valence-electron chi connectivity index (χ4n) is 1.40. The number of nitrogens with one attached hydrogen (secondary N) is 1. The maximum absolute atomic E-state index is 5.53. The first kappa shape index (κ1) is 14.0. The van der Waals surface area contributed by atoms with Crippen LogP contribution in [0.5, 0.6) is 0 Å². The van der Waals surface area contributed by atoms with E-state index in [1.807, 2.05) is 0 Å². The molecule has 0 aromatic carbocycles. The predicted molar refractivity (Wildman–Crippen MR) is 65.8 cm³/mol. The van der Waals surface area contributed by atoms with Gasteiger partial charge in [0.05, 0.1) is 37.8 Å². The van der Waals surface area contributed by atoms with Crippen LogP contribution in [0, 0.1) is 0 Å². The van der Waals surface area contributed by atoms with Crippen LogP contribution in [-0.2, 0) is 9.47 Å². The van der Waals surface area contributed by atoms with Gasteiger partial charge in [0.15, 0.2) is 0 Å². The average Bonchev–Trinajstić information content (AvgIpc) is 2.39. The molecular formula is C12H21N3O2. The van der Waals surface area contributed by atoms with Crippen LogP contribution in [0.4, 0.5) is 0 Å². The first-order valence-electron chi connectivity index (χ1n) is 5.94. The molecule has 0 aliphatic heterocycles. The van der Waals surface area contributed by atoms with Gasteiger partial charge in [0, 0.05) is 19.5 Å². The van der Waals surface area contributed by atoms with Crippen molar-refractivity contribution in [1.82, 2.24) is 15.3 Å². The fraction of sp³-hybridized carbons (Fsp3) is 0.667. The van der Waals surface area contributed by atoms with E-state index in [0.717, 1.165) is 18.7 Å². The Labute approximate surface area is 103 Å². The Kier molecular flexibility index (Phi) is 7.46. The Morgan fingerprint density at radius 2 is 2.24 bits per heavy atom. The molecule has 1 rings (SSSR count). The SMILES string of the molecule is CCCNC(COCCOC)c1cnccn1. The van der Waals surface area contributed by atoms with Crippen LogP contribution >= 0.6 is 0 Å². The van der Waals surface area contributed by atoms with Gasteiger partial charge in [0.25, 0.3) is 0 Å². The Bertz CT molecular complexity index is 282. The van der Waals surface area contributed by atoms with Crippen molar-refractivity contribution in [2.45, 2.75) is 19.4 Å². The van der Waals surface area contributed by atoms with Gasteiger partial charge in [0.1, 0.15) is 0 Å². The summed E-state index contributed by atoms with van der Waals surface area (Å²) in [7, 11) is 1.67. The maximum Gasteiger partial charge on any atom is 0.0779 e. The van der Waals surface area contributed by atoms with Crippen LogP contribution < -0.4 is 5.32 Å². The van der Waals surface area contributed by atoms with Crippen molar-refractivity contribution < 1.29 is 9.47 Å². The molecule has 1 aromatic heterocycles. The number of rotatable bonds is 9. The van der Waals surface area contributed by atoms with Crippen molar-refractivity contribution in [3.63, 3.8) is 0 Å². The van der Waals surface area contributed by atoms with E-state index in [2.05, 4.69) is 22.2 Å². The second-order valence-corrected chi connectivity index (χ2v) is 3.70. The van der Waals surface area contributed by atoms with Gasteiger partial charge in [-0.05, 0) is 13.0 Å². The van der Waals surface area contributed by atoms with Crippen LogP contribution in [0.15, 0.2) is 18.6 Å². The minimum Gasteiger partial charge on any atom is -0.382 e. The molecule has 0 aliphatic rings. The second-order valence-electron chi connectivity index (χ2n) is 3.70. The maximum atomic E-state index is 5.53. The lowest BCUT2D eigenvalue weighted by Crippen LogP contribution is -2.27. The normalized spacial score (nSPS) is 12.6. The lowest BCUT2D eigenvalue weighted by atomic mass is 10.2. The molecular weight excluding hydrogens is 218 g/mol. The zero-order valence-electron chi connectivity index (χ0n) is 10.6. The first-order valence-corrected chi connectivity index (χ1v) is 5.94. The predicted octanol–water partition coefficient (Wildman–Crippen LogP) is 1.18. The van der Waals surface area contributed by atoms with E-state index in [0.29, 0.717) is 19.8 Å². The van der Waals surface area contributed by atoms with Gasteiger partial charge < -0.3 is 14.8 Å². The van der Waals surface area contributed by atoms with Crippen LogP contribution in [0.2, 0.25) is 0 Å². The van der Waals surface area contributed by atoms with Crippen LogP contribution in [0.25, 0.3) is 0 Å². The highest BCUT2D eigenvalue weighted by Crippen LogP contribution is 2.08. The summed E-state index contributed by atoms with van der Waals surface area (Å²) >= 11 is 0. The summed E-state index contributed by atoms with van der Waals surface area (Å²) in [5.74, 6) is 0. The molecule has 1 unspecified atom stereocenters. The van der Waals surface area contributed by atoms with Gasteiger partial charge in [-0.3, -0.25) is 9.97 Å². The number of methoxy groups -OCH3 is 1. The summed E-state index contributed by atoms with van der Waals surface area (Å²) in [5, 5.41) is 3.39. The Hall–Kier alpha value is -1.04. The van der Waals surface area contributed by atoms with Crippen molar-refractivity contribution in [2.24, 2.45) is 0 Å². The molecule has 0 saturated heterocycles. The minimum absolute atomic E-state index is 0.0977. The van der Waals surface area contributed by atoms with Gasteiger partial charge in [-0.1, -0.05) is 6.92 Å². The highest BCUT2D eigenvalue weighted by Gasteiger charge is 2.11. The standard InChI is InChI=1S/C12H21N3O2/c1-3-4-14-12(10-17-8-7-16-2)11-9-13-5-6-15-11/h5-6,9,12,14H,3-4,7-8,10H2,1-2H3. The summed E-state index contributed by atoms with van der Waals surface area (Å²) in [6, 6.07) is 0.0977. The lowest BCUT2D eigenvalue weighted by molar-refractivity contribution is 0.0579. The molecule has 0 fully saturated rings. The Morgan fingerprint density at radius 3 is 2.88 bits per heavy atom. The molecule has 1 atom stereocenters. The fourth-order valence-corrected chi connectivity index (χ4v) is 1.40. The molecule has 1 aromatic rings. The highest BCUT2D eigenvalue weighted by molar-refractivity contribution is 5.02. The van der Waals surface area contributed by atoms with Gasteiger partial charge in [-0.2, -0.15) is 0 Å². The molecule has 1 heterocycles. The van der Waals surface area contributed by atoms with Crippen molar-refractivity contribution in [2.75, 3.05) is 33.5 Å². The summed E-state index contributed by atoms with van der Waals surface area (Å²) in [4.78, 5) is 8.37. The molecule has 17 heavy (non-hydrogen) atoms. The molecule has 5 heteroatoms. The molecule has 0 amide bonds. The summed E-state index contributed by atoms with van der Waals surface area (Å²) in [6.07, 6.45) is 6.22. The molecule has 0 bridgehead atoms. The molecule has 0 saturated carbocycles. The van der Waals surface area contributed by atoms with E-state index < -0.39 is 0 Å². The third kappa shape index (κ3) is 5.72. The van der Waals surface area contributed by atoms with Crippen LogP contribution in [0.3, 0.4) is 0 Å².